The second kappa shape index (κ2) is 6.74. The van der Waals surface area contributed by atoms with Crippen molar-refractivity contribution in [3.8, 4) is 5.75 Å². The number of H-pyrrole nitrogens is 1. The molecule has 2 rings (SSSR count). The predicted molar refractivity (Wildman–Crippen MR) is 77.5 cm³/mol. The summed E-state index contributed by atoms with van der Waals surface area (Å²) in [5, 5.41) is 0. The summed E-state index contributed by atoms with van der Waals surface area (Å²) in [5.41, 5.74) is 2.65. The molecule has 5 nitrogen and oxygen atoms in total. The second-order valence-corrected chi connectivity index (χ2v) is 4.70. The number of hydrogen-bond donors (Lipinski definition) is 1. The number of esters is 1. The van der Waals surface area contributed by atoms with E-state index < -0.39 is 5.97 Å². The Bertz CT molecular complexity index is 632. The number of benzene rings is 1. The number of nitrogens with one attached hydrogen (secondary N) is 1. The van der Waals surface area contributed by atoms with E-state index in [1.165, 1.54) is 0 Å². The van der Waals surface area contributed by atoms with Crippen molar-refractivity contribution in [1.82, 2.24) is 4.98 Å². The summed E-state index contributed by atoms with van der Waals surface area (Å²) in [6.07, 6.45) is 1.64. The van der Waals surface area contributed by atoms with Crippen LogP contribution in [0.4, 0.5) is 0 Å². The molecule has 0 saturated carbocycles. The van der Waals surface area contributed by atoms with Gasteiger partial charge in [0, 0.05) is 6.20 Å². The van der Waals surface area contributed by atoms with Crippen LogP contribution in [-0.4, -0.2) is 30.0 Å². The van der Waals surface area contributed by atoms with E-state index in [0.29, 0.717) is 11.4 Å². The van der Waals surface area contributed by atoms with Gasteiger partial charge in [0.1, 0.15) is 5.75 Å². The van der Waals surface area contributed by atoms with Crippen molar-refractivity contribution in [2.24, 2.45) is 0 Å². The van der Waals surface area contributed by atoms with Gasteiger partial charge in [-0.2, -0.15) is 0 Å². The molecule has 1 N–H and O–H groups in total. The monoisotopic (exact) mass is 287 g/mol. The van der Waals surface area contributed by atoms with Crippen molar-refractivity contribution in [2.45, 2.75) is 13.8 Å². The molecule has 0 aliphatic carbocycles. The summed E-state index contributed by atoms with van der Waals surface area (Å²) in [7, 11) is 0. The maximum absolute atomic E-state index is 11.6. The molecule has 0 atom stereocenters. The molecule has 0 unspecified atom stereocenters. The third-order valence-corrected chi connectivity index (χ3v) is 3.10. The lowest BCUT2D eigenvalue weighted by Crippen LogP contribution is -2.19. The van der Waals surface area contributed by atoms with Crippen LogP contribution < -0.4 is 4.74 Å². The number of ether oxygens (including phenoxy) is 2. The molecule has 1 aromatic carbocycles. The molecule has 110 valence electrons. The van der Waals surface area contributed by atoms with Crippen LogP contribution in [0, 0.1) is 13.8 Å². The van der Waals surface area contributed by atoms with Gasteiger partial charge in [-0.25, -0.2) is 4.79 Å². The molecule has 0 spiro atoms. The Balaban J connectivity index is 1.77. The molecule has 0 radical (unpaired) electrons. The van der Waals surface area contributed by atoms with Gasteiger partial charge >= 0.3 is 5.97 Å². The number of ketones is 1. The molecule has 5 heteroatoms. The van der Waals surface area contributed by atoms with Gasteiger partial charge in [0.25, 0.3) is 0 Å². The van der Waals surface area contributed by atoms with Gasteiger partial charge in [-0.1, -0.05) is 6.07 Å². The fourth-order valence-corrected chi connectivity index (χ4v) is 1.72. The fourth-order valence-electron chi connectivity index (χ4n) is 1.72. The van der Waals surface area contributed by atoms with E-state index in [0.717, 1.165) is 11.1 Å². The zero-order valence-corrected chi connectivity index (χ0v) is 12.0. The first-order valence-corrected chi connectivity index (χ1v) is 6.58. The molecule has 0 aliphatic heterocycles. The largest absolute Gasteiger partial charge is 0.482 e. The third-order valence-electron chi connectivity index (χ3n) is 3.10. The number of rotatable bonds is 6. The maximum Gasteiger partial charge on any atom is 0.344 e. The predicted octanol–water partition coefficient (Wildman–Crippen LogP) is 2.44. The lowest BCUT2D eigenvalue weighted by Gasteiger charge is -2.08. The van der Waals surface area contributed by atoms with Gasteiger partial charge < -0.3 is 14.5 Å². The van der Waals surface area contributed by atoms with E-state index in [-0.39, 0.29) is 19.0 Å². The van der Waals surface area contributed by atoms with Crippen LogP contribution in [0.5, 0.6) is 5.75 Å². The van der Waals surface area contributed by atoms with E-state index in [2.05, 4.69) is 4.98 Å². The van der Waals surface area contributed by atoms with Crippen LogP contribution >= 0.6 is 0 Å². The first-order valence-electron chi connectivity index (χ1n) is 6.58. The number of aromatic nitrogens is 1. The Kier molecular flexibility index (Phi) is 4.77. The average Bonchev–Trinajstić information content (AvgIpc) is 3.00. The topological polar surface area (TPSA) is 68.4 Å². The minimum absolute atomic E-state index is 0.222. The van der Waals surface area contributed by atoms with Crippen LogP contribution in [0.3, 0.4) is 0 Å². The minimum Gasteiger partial charge on any atom is -0.482 e. The Labute approximate surface area is 122 Å². The maximum atomic E-state index is 11.6. The van der Waals surface area contributed by atoms with E-state index in [1.807, 2.05) is 26.0 Å². The lowest BCUT2D eigenvalue weighted by atomic mass is 10.1. The second-order valence-electron chi connectivity index (χ2n) is 4.70. The number of carbonyl (C=O) groups excluding carboxylic acids is 2. The average molecular weight is 287 g/mol. The van der Waals surface area contributed by atoms with Crippen molar-refractivity contribution >= 4 is 11.8 Å². The van der Waals surface area contributed by atoms with Crippen LogP contribution in [0.1, 0.15) is 21.6 Å². The molecule has 1 heterocycles. The molecule has 0 saturated heterocycles. The zero-order valence-electron chi connectivity index (χ0n) is 12.0. The highest BCUT2D eigenvalue weighted by molar-refractivity contribution is 5.96. The summed E-state index contributed by atoms with van der Waals surface area (Å²) in [5.74, 6) is -0.251. The van der Waals surface area contributed by atoms with Gasteiger partial charge in [-0.3, -0.25) is 4.79 Å². The van der Waals surface area contributed by atoms with Crippen LogP contribution in [-0.2, 0) is 9.53 Å². The number of Topliss-reactive ketones (excluding diaryl/α,β-unsaturated/α-hetero) is 1. The first kappa shape index (κ1) is 14.8. The summed E-state index contributed by atoms with van der Waals surface area (Å²) in [4.78, 5) is 25.9. The Morgan fingerprint density at radius 1 is 1.10 bits per heavy atom. The third kappa shape index (κ3) is 4.21. The van der Waals surface area contributed by atoms with Crippen molar-refractivity contribution < 1.29 is 19.1 Å². The number of aryl methyl sites for hydroxylation is 2. The standard InChI is InChI=1S/C16H17NO4/c1-11-5-6-13(8-12(11)2)20-10-16(19)21-9-15(18)14-4-3-7-17-14/h3-8,17H,9-10H2,1-2H3. The van der Waals surface area contributed by atoms with E-state index in [9.17, 15) is 9.59 Å². The Morgan fingerprint density at radius 2 is 1.90 bits per heavy atom. The lowest BCUT2D eigenvalue weighted by molar-refractivity contribution is -0.144. The summed E-state index contributed by atoms with van der Waals surface area (Å²) in [6, 6.07) is 8.90. The molecule has 1 aromatic heterocycles. The molecule has 0 amide bonds. The highest BCUT2D eigenvalue weighted by Gasteiger charge is 2.11. The molecular formula is C16H17NO4. The SMILES string of the molecule is Cc1ccc(OCC(=O)OCC(=O)c2ccc[nH]2)cc1C. The minimum atomic E-state index is -0.576. The van der Waals surface area contributed by atoms with Gasteiger partial charge in [-0.15, -0.1) is 0 Å². The normalized spacial score (nSPS) is 10.2. The highest BCUT2D eigenvalue weighted by atomic mass is 16.6. The van der Waals surface area contributed by atoms with Gasteiger partial charge in [0.2, 0.25) is 5.78 Å². The molecule has 0 aliphatic rings. The van der Waals surface area contributed by atoms with Crippen molar-refractivity contribution in [2.75, 3.05) is 13.2 Å². The van der Waals surface area contributed by atoms with E-state index in [1.54, 1.807) is 24.4 Å². The van der Waals surface area contributed by atoms with E-state index >= 15 is 0 Å². The Hall–Kier alpha value is -2.56. The summed E-state index contributed by atoms with van der Waals surface area (Å²) in [6.45, 7) is 3.45. The number of aromatic amines is 1. The zero-order chi connectivity index (χ0) is 15.2. The van der Waals surface area contributed by atoms with E-state index in [4.69, 9.17) is 9.47 Å². The van der Waals surface area contributed by atoms with Gasteiger partial charge in [0.05, 0.1) is 5.69 Å². The molecular weight excluding hydrogens is 270 g/mol. The highest BCUT2D eigenvalue weighted by Crippen LogP contribution is 2.16. The van der Waals surface area contributed by atoms with Crippen molar-refractivity contribution in [1.29, 1.82) is 0 Å². The molecule has 2 aromatic rings. The Morgan fingerprint density at radius 3 is 2.57 bits per heavy atom. The van der Waals surface area contributed by atoms with Crippen molar-refractivity contribution in [3.63, 3.8) is 0 Å². The quantitative estimate of drug-likeness (QED) is 0.654. The molecule has 0 fully saturated rings. The number of hydrogen-bond acceptors (Lipinski definition) is 4. The van der Waals surface area contributed by atoms with Crippen LogP contribution in [0.2, 0.25) is 0 Å². The molecule has 21 heavy (non-hydrogen) atoms. The van der Waals surface area contributed by atoms with Gasteiger partial charge in [0.15, 0.2) is 13.2 Å². The van der Waals surface area contributed by atoms with Gasteiger partial charge in [-0.05, 0) is 49.2 Å². The summed E-state index contributed by atoms with van der Waals surface area (Å²) >= 11 is 0. The molecule has 0 bridgehead atoms. The van der Waals surface area contributed by atoms with Crippen molar-refractivity contribution in [3.05, 3.63) is 53.3 Å². The smallest absolute Gasteiger partial charge is 0.344 e. The number of carbonyl (C=O) groups is 2. The van der Waals surface area contributed by atoms with Crippen LogP contribution in [0.25, 0.3) is 0 Å². The van der Waals surface area contributed by atoms with Crippen LogP contribution in [0.15, 0.2) is 36.5 Å². The first-order chi connectivity index (χ1) is 10.1. The fraction of sp³-hybridized carbons (Fsp3) is 0.250. The summed E-state index contributed by atoms with van der Waals surface area (Å²) < 4.78 is 10.2.